The van der Waals surface area contributed by atoms with E-state index in [2.05, 4.69) is 79.1 Å². The van der Waals surface area contributed by atoms with Crippen molar-refractivity contribution in [1.29, 1.82) is 0 Å². The second-order valence-corrected chi connectivity index (χ2v) is 41.1. The molecule has 1 atom stereocenters. The summed E-state index contributed by atoms with van der Waals surface area (Å²) in [5, 5.41) is 43.2. The molecule has 0 spiro atoms. The number of azo groups is 2. The van der Waals surface area contributed by atoms with Gasteiger partial charge in [0.05, 0.1) is 61.4 Å². The van der Waals surface area contributed by atoms with E-state index < -0.39 is 107 Å². The molecule has 1 unspecified atom stereocenters. The number of benzene rings is 4. The third-order valence-electron chi connectivity index (χ3n) is 7.32. The summed E-state index contributed by atoms with van der Waals surface area (Å²) in [7, 11) is -19.1. The Morgan fingerprint density at radius 3 is 1.72 bits per heavy atom. The maximum Gasteiger partial charge on any atom is 1.00 e. The van der Waals surface area contributed by atoms with Crippen molar-refractivity contribution in [3.63, 3.8) is 0 Å². The summed E-state index contributed by atoms with van der Waals surface area (Å²) in [6.45, 7) is 1.84. The Balaban J connectivity index is 0. The zero-order valence-corrected chi connectivity index (χ0v) is 54.6. The van der Waals surface area contributed by atoms with E-state index in [1.807, 2.05) is 0 Å². The van der Waals surface area contributed by atoms with Crippen LogP contribution in [-0.4, -0.2) is 78.3 Å². The Morgan fingerprint density at radius 1 is 0.696 bits per heavy atom. The van der Waals surface area contributed by atoms with Gasteiger partial charge in [-0.3, -0.25) is 23.2 Å². The quantitative estimate of drug-likeness (QED) is 0.00562. The summed E-state index contributed by atoms with van der Waals surface area (Å²) in [5.74, 6) is -2.06. The molecule has 26 nitrogen and oxygen atoms in total. The molecule has 1 amide bonds. The van der Waals surface area contributed by atoms with Gasteiger partial charge in [-0.2, -0.15) is 5.11 Å². The minimum Gasteiger partial charge on any atom is -0.744 e. The average molecular weight is 1360 g/mol. The summed E-state index contributed by atoms with van der Waals surface area (Å²) in [4.78, 5) is 12.2. The number of carbonyl (C=O) groups is 1. The van der Waals surface area contributed by atoms with Crippen molar-refractivity contribution in [2.45, 2.75) is 19.6 Å². The molecule has 4 aromatic rings. The van der Waals surface area contributed by atoms with Gasteiger partial charge in [-0.15, -0.1) is 24.0 Å². The summed E-state index contributed by atoms with van der Waals surface area (Å²) in [6, 6.07) is 13.1. The molecule has 0 saturated heterocycles. The summed E-state index contributed by atoms with van der Waals surface area (Å²) >= 11 is 2.23. The molecule has 0 bridgehead atoms. The fourth-order valence-electron chi connectivity index (χ4n) is 4.58. The van der Waals surface area contributed by atoms with E-state index in [9.17, 15) is 58.1 Å². The number of halogens is 2. The van der Waals surface area contributed by atoms with Crippen molar-refractivity contribution in [2.24, 2.45) is 20.5 Å². The van der Waals surface area contributed by atoms with Gasteiger partial charge in [-0.05, 0) is 60.7 Å². The minimum absolute atomic E-state index is 0. The number of amides is 1. The fourth-order valence-corrected chi connectivity index (χ4v) is 8.79. The number of anilines is 3. The van der Waals surface area contributed by atoms with Crippen molar-refractivity contribution >= 4 is 151 Å². The number of nitrogen functional groups attached to an aromatic ring is 2. The second-order valence-electron chi connectivity index (χ2n) is 11.7. The number of nitrogens with one attached hydrogen (secondary N) is 1. The minimum atomic E-state index is -5.47. The van der Waals surface area contributed by atoms with Crippen LogP contribution >= 0.6 is 65.4 Å². The van der Waals surface area contributed by atoms with Crippen molar-refractivity contribution in [3.8, 4) is 0 Å². The van der Waals surface area contributed by atoms with Crippen molar-refractivity contribution in [1.82, 2.24) is 0 Å². The van der Waals surface area contributed by atoms with E-state index in [0.29, 0.717) is 12.1 Å². The van der Waals surface area contributed by atoms with Crippen LogP contribution < -0.4 is 146 Å². The predicted molar refractivity (Wildman–Crippen MR) is 246 cm³/mol. The first kappa shape index (κ1) is 72.2. The number of rotatable bonds is 22. The van der Waals surface area contributed by atoms with Gasteiger partial charge >= 0.3 is 164 Å². The van der Waals surface area contributed by atoms with Crippen molar-refractivity contribution in [2.75, 3.05) is 46.4 Å². The smallest absolute Gasteiger partial charge is 0.744 e. The predicted octanol–water partition coefficient (Wildman–Crippen LogP) is -7.83. The molecule has 0 saturated carbocycles. The third kappa shape index (κ3) is 24.8. The second kappa shape index (κ2) is 34.7. The number of carbonyl (C=O) groups excluding carboxylic acids is 1. The maximum atomic E-state index is 13.1. The first-order chi connectivity index (χ1) is 30.4. The van der Waals surface area contributed by atoms with Gasteiger partial charge in [0, 0.05) is 11.3 Å². The Morgan fingerprint density at radius 2 is 1.20 bits per heavy atom. The van der Waals surface area contributed by atoms with Crippen LogP contribution in [0.1, 0.15) is 10.4 Å². The van der Waals surface area contributed by atoms with Crippen LogP contribution in [0.15, 0.2) is 113 Å². The topological polar surface area (TPSA) is 415 Å². The summed E-state index contributed by atoms with van der Waals surface area (Å²) in [6.07, 6.45) is 0. The molecule has 4 aromatic carbocycles. The number of sulfone groups is 2. The van der Waals surface area contributed by atoms with Crippen LogP contribution in [0.25, 0.3) is 0 Å². The third-order valence-corrected chi connectivity index (χ3v) is 13.2. The Kier molecular flexibility index (Phi) is 36.3. The summed E-state index contributed by atoms with van der Waals surface area (Å²) in [5.41, 5.74) is 8.57. The normalized spacial score (nSPS) is 11.8. The molecule has 358 valence electrons. The van der Waals surface area contributed by atoms with Crippen LogP contribution in [0.4, 0.5) is 39.8 Å². The zero-order valence-electron chi connectivity index (χ0n) is 36.2. The molecular formula is C30H30I2N7Na4O19PS6. The van der Waals surface area contributed by atoms with Crippen molar-refractivity contribution < 1.29 is 203 Å². The van der Waals surface area contributed by atoms with Gasteiger partial charge in [0.1, 0.15) is 37.3 Å². The summed E-state index contributed by atoms with van der Waals surface area (Å²) < 4.78 is 141. The maximum absolute atomic E-state index is 13.1. The van der Waals surface area contributed by atoms with Gasteiger partial charge in [0.25, 0.3) is 5.91 Å². The molecule has 5 N–H and O–H groups in total. The average Bonchev–Trinajstić information content (AvgIpc) is 3.22. The number of nitrogens with two attached hydrogens (primary N) is 2. The van der Waals surface area contributed by atoms with Gasteiger partial charge in [-0.1, -0.05) is 12.1 Å². The monoisotopic (exact) mass is 1360 g/mol. The largest absolute Gasteiger partial charge is 1.00 e. The molecule has 0 heterocycles. The van der Waals surface area contributed by atoms with Crippen molar-refractivity contribution in [3.05, 3.63) is 78.4 Å². The fraction of sp³-hybridized carbons (Fsp3) is 0.167. The van der Waals surface area contributed by atoms with Crippen LogP contribution in [0.5, 0.6) is 0 Å². The molecule has 69 heavy (non-hydrogen) atoms. The molecular weight excluding hydrogens is 1330 g/mol. The first-order valence-corrected chi connectivity index (χ1v) is 36.6. The van der Waals surface area contributed by atoms with E-state index in [-0.39, 0.29) is 187 Å². The van der Waals surface area contributed by atoms with Crippen LogP contribution in [0.2, 0.25) is 0 Å². The molecule has 39 heteroatoms. The zero-order chi connectivity index (χ0) is 48.6. The van der Waals surface area contributed by atoms with Gasteiger partial charge in [-0.25, -0.2) is 33.7 Å². The molecule has 0 aliphatic rings. The van der Waals surface area contributed by atoms with E-state index >= 15 is 0 Å². The van der Waals surface area contributed by atoms with Gasteiger partial charge in [0.2, 0.25) is 0 Å². The van der Waals surface area contributed by atoms with E-state index in [1.165, 1.54) is 48.5 Å². The number of hydrogen-bond donors (Lipinski definition) is 3. The Labute approximate surface area is 511 Å². The molecule has 0 radical (unpaired) electrons. The van der Waals surface area contributed by atoms with Crippen LogP contribution in [0.3, 0.4) is 0 Å². The molecule has 0 aliphatic carbocycles. The Bertz CT molecular complexity index is 2850. The number of nitrogens with zero attached hydrogens (tertiary/aromatic N) is 4. The first-order valence-electron chi connectivity index (χ1n) is 16.5. The number of hydrogen-bond acceptors (Lipinski definition) is 27. The molecule has 0 aliphatic heterocycles. The number of alkyl halides is 1. The van der Waals surface area contributed by atoms with Gasteiger partial charge in [0.15, 0.2) is 44.3 Å². The standard InChI is InChI=1S/C29H29N7O19S6.CH5I2P.4Na/c30-26-23(35-34-22-8-7-21(15-24(22)60(44,45)46)59(42,43)12-10-51-57-55-53-39)16-25(61(47,48)49)27(31)28(26)36-33-19-5-1-3-17(13-19)29(37)32-18-4-2-6-20(14-18)58(40,41)11-9-50-56-54-52-38;1-3(2)4;;;;/h1-8,13-16,38-39H,9-12,30-31H2,(H,32,37)(H,44,45,46)(H,47,48,49);4H2,1H3;;;;/q;;4*+1/p-4. The van der Waals surface area contributed by atoms with Crippen LogP contribution in [0, 0.1) is 0 Å². The van der Waals surface area contributed by atoms with Gasteiger partial charge < -0.3 is 36.4 Å². The van der Waals surface area contributed by atoms with E-state index in [0.717, 1.165) is 12.1 Å². The van der Waals surface area contributed by atoms with Crippen LogP contribution in [-0.2, 0) is 67.0 Å². The SMILES string of the molecule is CI(P)I.Nc1c(N=Nc2ccc(S(=O)(=O)CCOSOO[O-])cc2S(=O)(=O)[O-])cc(S(=O)(=O)[O-])c(N)c1N=Nc1cccc(C(=O)Nc2cccc(S(=O)(=O)CCOSOO[O-])c2)c1.[Na+].[Na+].[Na+].[Na+]. The Hall–Kier alpha value is 1.14. The molecule has 0 aromatic heterocycles. The van der Waals surface area contributed by atoms with E-state index in [1.54, 1.807) is 0 Å². The molecule has 4 rings (SSSR count). The molecule has 0 fully saturated rings. The van der Waals surface area contributed by atoms with E-state index in [4.69, 9.17) is 15.7 Å².